The van der Waals surface area contributed by atoms with Crippen LogP contribution in [0.1, 0.15) is 45.0 Å². The lowest BCUT2D eigenvalue weighted by Crippen LogP contribution is -2.77. The summed E-state index contributed by atoms with van der Waals surface area (Å²) in [7, 11) is 1.66. The zero-order valence-corrected chi connectivity index (χ0v) is 18.1. The van der Waals surface area contributed by atoms with Crippen LogP contribution >= 0.6 is 0 Å². The smallest absolute Gasteiger partial charge is 0.276 e. The molecule has 0 radical (unpaired) electrons. The predicted octanol–water partition coefficient (Wildman–Crippen LogP) is 2.03. The fourth-order valence-corrected chi connectivity index (χ4v) is 4.55. The topological polar surface area (TPSA) is 102 Å². The molecule has 9 heteroatoms. The van der Waals surface area contributed by atoms with E-state index in [0.29, 0.717) is 36.5 Å². The molecule has 0 unspecified atom stereocenters. The number of nitrogens with zero attached hydrogens (tertiary/aromatic N) is 4. The van der Waals surface area contributed by atoms with Crippen molar-refractivity contribution < 1.29 is 18.8 Å². The summed E-state index contributed by atoms with van der Waals surface area (Å²) in [6, 6.07) is 10.9. The summed E-state index contributed by atoms with van der Waals surface area (Å²) in [5.41, 5.74) is 0.481. The highest BCUT2D eigenvalue weighted by Crippen LogP contribution is 2.52. The number of aryl methyl sites for hydroxylation is 1. The van der Waals surface area contributed by atoms with Crippen molar-refractivity contribution in [2.75, 3.05) is 20.2 Å². The Morgan fingerprint density at radius 2 is 1.94 bits per heavy atom. The number of benzene rings is 1. The average Bonchev–Trinajstić information content (AvgIpc) is 3.26. The second kappa shape index (κ2) is 7.59. The number of hydrogen-bond donors (Lipinski definition) is 1. The lowest BCUT2D eigenvalue weighted by molar-refractivity contribution is -0.0711. The van der Waals surface area contributed by atoms with E-state index in [1.165, 1.54) is 0 Å². The summed E-state index contributed by atoms with van der Waals surface area (Å²) in [6.07, 6.45) is 5.19. The van der Waals surface area contributed by atoms with Crippen LogP contribution in [0.2, 0.25) is 0 Å². The number of nitrogens with one attached hydrogen (secondary N) is 1. The molecule has 1 saturated heterocycles. The van der Waals surface area contributed by atoms with E-state index in [1.807, 2.05) is 30.5 Å². The first kappa shape index (κ1) is 20.4. The number of amides is 2. The molecule has 5 rings (SSSR count). The summed E-state index contributed by atoms with van der Waals surface area (Å²) in [5.74, 6) is 0.196. The second-order valence-electron chi connectivity index (χ2n) is 8.53. The number of hydrogen-bond acceptors (Lipinski definition) is 6. The van der Waals surface area contributed by atoms with Gasteiger partial charge in [0.1, 0.15) is 11.3 Å². The van der Waals surface area contributed by atoms with E-state index in [2.05, 4.69) is 15.6 Å². The number of methoxy groups -OCH3 is 1. The van der Waals surface area contributed by atoms with Crippen LogP contribution in [-0.4, -0.2) is 63.0 Å². The molecular weight excluding hydrogens is 410 g/mol. The molecule has 1 aliphatic carbocycles. The summed E-state index contributed by atoms with van der Waals surface area (Å²) in [4.78, 5) is 27.9. The summed E-state index contributed by atoms with van der Waals surface area (Å²) in [6.45, 7) is 2.89. The molecule has 2 aromatic heterocycles. The summed E-state index contributed by atoms with van der Waals surface area (Å²) in [5, 5.41) is 11.4. The molecular formula is C23H25N5O4. The third-order valence-corrected chi connectivity index (χ3v) is 6.63. The van der Waals surface area contributed by atoms with Crippen LogP contribution in [0.15, 0.2) is 53.3 Å². The summed E-state index contributed by atoms with van der Waals surface area (Å²) >= 11 is 0. The molecule has 1 aliphatic heterocycles. The van der Waals surface area contributed by atoms with Gasteiger partial charge in [0.25, 0.3) is 11.8 Å². The lowest BCUT2D eigenvalue weighted by Gasteiger charge is -2.54. The first-order chi connectivity index (χ1) is 15.5. The van der Waals surface area contributed by atoms with E-state index < -0.39 is 11.1 Å². The van der Waals surface area contributed by atoms with Crippen LogP contribution in [0.25, 0.3) is 0 Å². The van der Waals surface area contributed by atoms with Crippen LogP contribution in [0, 0.1) is 6.92 Å². The molecule has 2 aliphatic rings. The number of aromatic nitrogens is 3. The third kappa shape index (κ3) is 3.29. The Kier molecular flexibility index (Phi) is 4.85. The molecule has 0 atom stereocenters. The molecule has 32 heavy (non-hydrogen) atoms. The van der Waals surface area contributed by atoms with E-state index >= 15 is 0 Å². The Morgan fingerprint density at radius 1 is 1.19 bits per heavy atom. The molecule has 1 saturated carbocycles. The minimum atomic E-state index is -0.634. The van der Waals surface area contributed by atoms with E-state index in [0.717, 1.165) is 12.8 Å². The van der Waals surface area contributed by atoms with Crippen molar-refractivity contribution in [3.8, 4) is 0 Å². The molecule has 3 aromatic rings. The number of likely N-dealkylation sites (tertiary alicyclic amines) is 1. The SMILES string of the molecule is COC1(C2(NC(=O)c3ccccc3)CN(C(=O)c3noc(C)c3Cn3cccn3)C2)CC1. The maximum Gasteiger partial charge on any atom is 0.276 e. The quantitative estimate of drug-likeness (QED) is 0.609. The van der Waals surface area contributed by atoms with Crippen molar-refractivity contribution in [3.05, 3.63) is 71.4 Å². The largest absolute Gasteiger partial charge is 0.376 e. The van der Waals surface area contributed by atoms with Crippen LogP contribution in [0.3, 0.4) is 0 Å². The molecule has 2 fully saturated rings. The third-order valence-electron chi connectivity index (χ3n) is 6.63. The highest BCUT2D eigenvalue weighted by molar-refractivity contribution is 5.97. The number of carbonyl (C=O) groups excluding carboxylic acids is 2. The monoisotopic (exact) mass is 435 g/mol. The van der Waals surface area contributed by atoms with Gasteiger partial charge in [-0.2, -0.15) is 5.10 Å². The van der Waals surface area contributed by atoms with Gasteiger partial charge in [0.2, 0.25) is 0 Å². The molecule has 166 valence electrons. The van der Waals surface area contributed by atoms with Gasteiger partial charge in [-0.25, -0.2) is 0 Å². The Morgan fingerprint density at radius 3 is 2.56 bits per heavy atom. The number of rotatable bonds is 7. The standard InChI is InChI=1S/C23H25N5O4/c1-16-18(13-28-12-6-11-24-28)19(26-32-16)21(30)27-14-22(15-27,23(31-2)9-10-23)25-20(29)17-7-4-3-5-8-17/h3-8,11-12H,9-10,13-15H2,1-2H3,(H,25,29). The molecule has 2 amide bonds. The molecule has 0 bridgehead atoms. The van der Waals surface area contributed by atoms with Gasteiger partial charge in [-0.15, -0.1) is 0 Å². The van der Waals surface area contributed by atoms with Crippen molar-refractivity contribution in [3.63, 3.8) is 0 Å². The zero-order chi connectivity index (χ0) is 22.3. The van der Waals surface area contributed by atoms with E-state index in [4.69, 9.17) is 9.26 Å². The van der Waals surface area contributed by atoms with Crippen LogP contribution in [0.4, 0.5) is 0 Å². The van der Waals surface area contributed by atoms with Gasteiger partial charge >= 0.3 is 0 Å². The van der Waals surface area contributed by atoms with E-state index in [-0.39, 0.29) is 17.5 Å². The number of carbonyl (C=O) groups is 2. The van der Waals surface area contributed by atoms with E-state index in [1.54, 1.807) is 41.9 Å². The van der Waals surface area contributed by atoms with Crippen LogP contribution < -0.4 is 5.32 Å². The van der Waals surface area contributed by atoms with Crippen molar-refractivity contribution >= 4 is 11.8 Å². The predicted molar refractivity (Wildman–Crippen MR) is 114 cm³/mol. The van der Waals surface area contributed by atoms with Crippen molar-refractivity contribution in [2.45, 2.75) is 37.5 Å². The minimum absolute atomic E-state index is 0.169. The highest BCUT2D eigenvalue weighted by atomic mass is 16.5. The zero-order valence-electron chi connectivity index (χ0n) is 18.1. The molecule has 3 heterocycles. The lowest BCUT2D eigenvalue weighted by atomic mass is 9.80. The second-order valence-corrected chi connectivity index (χ2v) is 8.53. The Labute approximate surface area is 185 Å². The Hall–Kier alpha value is -3.46. The average molecular weight is 435 g/mol. The van der Waals surface area contributed by atoms with Gasteiger partial charge in [0.05, 0.1) is 12.1 Å². The molecule has 9 nitrogen and oxygen atoms in total. The molecule has 0 spiro atoms. The van der Waals surface area contributed by atoms with Gasteiger partial charge in [-0.05, 0) is 38.0 Å². The van der Waals surface area contributed by atoms with Gasteiger partial charge < -0.3 is 19.5 Å². The summed E-state index contributed by atoms with van der Waals surface area (Å²) < 4.78 is 12.9. The molecule has 1 N–H and O–H groups in total. The number of ether oxygens (including phenoxy) is 1. The maximum absolute atomic E-state index is 13.3. The minimum Gasteiger partial charge on any atom is -0.376 e. The first-order valence-electron chi connectivity index (χ1n) is 10.6. The molecule has 1 aromatic carbocycles. The Bertz CT molecular complexity index is 1130. The van der Waals surface area contributed by atoms with Gasteiger partial charge in [-0.1, -0.05) is 23.4 Å². The normalized spacial score (nSPS) is 18.1. The van der Waals surface area contributed by atoms with Crippen molar-refractivity contribution in [1.82, 2.24) is 25.2 Å². The fraction of sp³-hybridized carbons (Fsp3) is 0.391. The van der Waals surface area contributed by atoms with E-state index in [9.17, 15) is 9.59 Å². The van der Waals surface area contributed by atoms with Gasteiger partial charge in [0.15, 0.2) is 5.69 Å². The fourth-order valence-electron chi connectivity index (χ4n) is 4.55. The highest BCUT2D eigenvalue weighted by Gasteiger charge is 2.67. The van der Waals surface area contributed by atoms with Crippen LogP contribution in [0.5, 0.6) is 0 Å². The van der Waals surface area contributed by atoms with Crippen molar-refractivity contribution in [2.24, 2.45) is 0 Å². The Balaban J connectivity index is 1.35. The van der Waals surface area contributed by atoms with Gasteiger partial charge in [0, 0.05) is 43.7 Å². The van der Waals surface area contributed by atoms with Gasteiger partial charge in [-0.3, -0.25) is 14.3 Å². The maximum atomic E-state index is 13.3. The first-order valence-corrected chi connectivity index (χ1v) is 10.6. The van der Waals surface area contributed by atoms with Crippen LogP contribution in [-0.2, 0) is 11.3 Å². The van der Waals surface area contributed by atoms with Crippen molar-refractivity contribution in [1.29, 1.82) is 0 Å².